The van der Waals surface area contributed by atoms with Gasteiger partial charge in [-0.15, -0.1) is 0 Å². The Kier molecular flexibility index (Phi) is 8.74. The second-order valence-corrected chi connectivity index (χ2v) is 6.79. The highest BCUT2D eigenvalue weighted by Gasteiger charge is 2.09. The van der Waals surface area contributed by atoms with Gasteiger partial charge < -0.3 is 9.84 Å². The Morgan fingerprint density at radius 3 is 2.12 bits per heavy atom. The normalized spacial score (nSPS) is 10.7. The number of carbonyl (C=O) groups is 1. The molecule has 0 bridgehead atoms. The molecule has 140 valence electrons. The van der Waals surface area contributed by atoms with Gasteiger partial charge in [0.05, 0.1) is 0 Å². The molecular weight excluding hydrogens is 324 g/mol. The molecule has 0 aromatic heterocycles. The minimum atomic E-state index is -1.29. The van der Waals surface area contributed by atoms with E-state index in [1.807, 2.05) is 24.3 Å². The maximum absolute atomic E-state index is 10.8. The maximum atomic E-state index is 10.8. The van der Waals surface area contributed by atoms with Gasteiger partial charge in [-0.25, -0.2) is 4.79 Å². The Labute approximate surface area is 157 Å². The summed E-state index contributed by atoms with van der Waals surface area (Å²) in [6, 6.07) is 15.6. The lowest BCUT2D eigenvalue weighted by atomic mass is 10.00. The smallest absolute Gasteiger partial charge is 0.449 e. The van der Waals surface area contributed by atoms with E-state index in [9.17, 15) is 4.79 Å². The van der Waals surface area contributed by atoms with Gasteiger partial charge in [-0.2, -0.15) is 0 Å². The van der Waals surface area contributed by atoms with Crippen LogP contribution in [0.3, 0.4) is 0 Å². The van der Waals surface area contributed by atoms with Crippen LogP contribution in [0.5, 0.6) is 5.75 Å². The minimum absolute atomic E-state index is 0.371. The van der Waals surface area contributed by atoms with E-state index in [0.29, 0.717) is 5.75 Å². The summed E-state index contributed by atoms with van der Waals surface area (Å²) in [5, 5.41) is 8.86. The fraction of sp³-hybridized carbons (Fsp3) is 0.435. The lowest BCUT2D eigenvalue weighted by molar-refractivity contribution is 0.144. The molecule has 0 saturated heterocycles. The van der Waals surface area contributed by atoms with Gasteiger partial charge in [-0.05, 0) is 30.0 Å². The zero-order chi connectivity index (χ0) is 18.6. The van der Waals surface area contributed by atoms with E-state index in [4.69, 9.17) is 9.84 Å². The average molecular weight is 354 g/mol. The Morgan fingerprint density at radius 1 is 0.846 bits per heavy atom. The second-order valence-electron chi connectivity index (χ2n) is 6.79. The molecule has 0 unspecified atom stereocenters. The summed E-state index contributed by atoms with van der Waals surface area (Å²) in [5.41, 5.74) is 3.10. The van der Waals surface area contributed by atoms with Gasteiger partial charge in [-0.1, -0.05) is 94.3 Å². The topological polar surface area (TPSA) is 46.5 Å². The number of benzene rings is 2. The van der Waals surface area contributed by atoms with E-state index < -0.39 is 6.16 Å². The predicted molar refractivity (Wildman–Crippen MR) is 107 cm³/mol. The Bertz CT molecular complexity index is 661. The number of ether oxygens (including phenoxy) is 1. The molecule has 0 spiro atoms. The van der Waals surface area contributed by atoms with E-state index in [0.717, 1.165) is 17.5 Å². The van der Waals surface area contributed by atoms with E-state index >= 15 is 0 Å². The summed E-state index contributed by atoms with van der Waals surface area (Å²) in [7, 11) is 0. The third-order valence-corrected chi connectivity index (χ3v) is 4.67. The molecule has 1 N–H and O–H groups in total. The van der Waals surface area contributed by atoms with Crippen molar-refractivity contribution in [3.8, 4) is 16.9 Å². The van der Waals surface area contributed by atoms with E-state index in [1.54, 1.807) is 12.1 Å². The van der Waals surface area contributed by atoms with E-state index in [1.165, 1.54) is 56.9 Å². The third kappa shape index (κ3) is 6.91. The summed E-state index contributed by atoms with van der Waals surface area (Å²) in [5.74, 6) is 0.371. The number of carboxylic acid groups (broad SMARTS) is 1. The molecule has 2 aromatic rings. The van der Waals surface area contributed by atoms with Gasteiger partial charge in [-0.3, -0.25) is 0 Å². The summed E-state index contributed by atoms with van der Waals surface area (Å²) in [6.07, 6.45) is 10.5. The first-order valence-electron chi connectivity index (χ1n) is 9.80. The van der Waals surface area contributed by atoms with Crippen LogP contribution in [0.4, 0.5) is 4.79 Å². The van der Waals surface area contributed by atoms with Crippen molar-refractivity contribution in [2.75, 3.05) is 0 Å². The molecule has 0 aliphatic heterocycles. The fourth-order valence-corrected chi connectivity index (χ4v) is 3.20. The average Bonchev–Trinajstić information content (AvgIpc) is 2.64. The summed E-state index contributed by atoms with van der Waals surface area (Å²) in [4.78, 5) is 10.8. The molecule has 0 aliphatic carbocycles. The van der Waals surface area contributed by atoms with Gasteiger partial charge in [0, 0.05) is 5.56 Å². The second kappa shape index (κ2) is 11.3. The summed E-state index contributed by atoms with van der Waals surface area (Å²) < 4.78 is 4.87. The van der Waals surface area contributed by atoms with Crippen LogP contribution in [0, 0.1) is 0 Å². The lowest BCUT2D eigenvalue weighted by Gasteiger charge is -2.09. The number of aryl methyl sites for hydroxylation is 1. The highest BCUT2D eigenvalue weighted by Crippen LogP contribution is 2.30. The molecule has 2 rings (SSSR count). The van der Waals surface area contributed by atoms with Crippen molar-refractivity contribution in [1.29, 1.82) is 0 Å². The van der Waals surface area contributed by atoms with Gasteiger partial charge in [0.1, 0.15) is 5.75 Å². The quantitative estimate of drug-likeness (QED) is 0.266. The fourth-order valence-electron chi connectivity index (χ4n) is 3.20. The molecule has 0 fully saturated rings. The standard InChI is InChI=1S/C23H30O3/c1-2-3-4-5-6-7-8-9-12-19-15-17-20(18-16-19)21-13-10-11-14-22(21)26-23(24)25/h10-11,13-18H,2-9,12H2,1H3,(H,24,25). The predicted octanol–water partition coefficient (Wildman–Crippen LogP) is 7.09. The van der Waals surface area contributed by atoms with Crippen LogP contribution in [0.25, 0.3) is 11.1 Å². The zero-order valence-corrected chi connectivity index (χ0v) is 15.7. The lowest BCUT2D eigenvalue weighted by Crippen LogP contribution is -2.03. The molecule has 26 heavy (non-hydrogen) atoms. The minimum Gasteiger partial charge on any atom is -0.449 e. The van der Waals surface area contributed by atoms with Gasteiger partial charge in [0.25, 0.3) is 0 Å². The first-order chi connectivity index (χ1) is 12.7. The number of para-hydroxylation sites is 1. The Hall–Kier alpha value is -2.29. The van der Waals surface area contributed by atoms with Gasteiger partial charge >= 0.3 is 6.16 Å². The van der Waals surface area contributed by atoms with Crippen molar-refractivity contribution < 1.29 is 14.6 Å². The Morgan fingerprint density at radius 2 is 1.46 bits per heavy atom. The maximum Gasteiger partial charge on any atom is 0.511 e. The van der Waals surface area contributed by atoms with Crippen molar-refractivity contribution in [2.24, 2.45) is 0 Å². The van der Waals surface area contributed by atoms with Crippen LogP contribution < -0.4 is 4.74 Å². The van der Waals surface area contributed by atoms with E-state index in [2.05, 4.69) is 19.1 Å². The first-order valence-corrected chi connectivity index (χ1v) is 9.80. The van der Waals surface area contributed by atoms with Crippen molar-refractivity contribution in [1.82, 2.24) is 0 Å². The molecule has 0 aliphatic rings. The largest absolute Gasteiger partial charge is 0.511 e. The molecule has 0 heterocycles. The molecule has 0 atom stereocenters. The Balaban J connectivity index is 1.81. The highest BCUT2D eigenvalue weighted by atomic mass is 16.7. The molecule has 3 nitrogen and oxygen atoms in total. The van der Waals surface area contributed by atoms with Crippen LogP contribution in [-0.2, 0) is 6.42 Å². The van der Waals surface area contributed by atoms with Crippen LogP contribution in [0.15, 0.2) is 48.5 Å². The molecule has 2 aromatic carbocycles. The monoisotopic (exact) mass is 354 g/mol. The van der Waals surface area contributed by atoms with Crippen molar-refractivity contribution in [3.63, 3.8) is 0 Å². The van der Waals surface area contributed by atoms with Crippen LogP contribution >= 0.6 is 0 Å². The first kappa shape index (κ1) is 20.0. The molecular formula is C23H30O3. The zero-order valence-electron chi connectivity index (χ0n) is 15.7. The van der Waals surface area contributed by atoms with Crippen molar-refractivity contribution >= 4 is 6.16 Å². The molecule has 0 saturated carbocycles. The third-order valence-electron chi connectivity index (χ3n) is 4.67. The molecule has 0 amide bonds. The van der Waals surface area contributed by atoms with Crippen LogP contribution in [0.2, 0.25) is 0 Å². The van der Waals surface area contributed by atoms with Crippen molar-refractivity contribution in [2.45, 2.75) is 64.7 Å². The van der Waals surface area contributed by atoms with E-state index in [-0.39, 0.29) is 0 Å². The SMILES string of the molecule is CCCCCCCCCCc1ccc(-c2ccccc2OC(=O)O)cc1. The number of rotatable bonds is 11. The van der Waals surface area contributed by atoms with Crippen LogP contribution in [-0.4, -0.2) is 11.3 Å². The summed E-state index contributed by atoms with van der Waals surface area (Å²) >= 11 is 0. The van der Waals surface area contributed by atoms with Gasteiger partial charge in [0.15, 0.2) is 0 Å². The number of hydrogen-bond acceptors (Lipinski definition) is 2. The summed E-state index contributed by atoms with van der Waals surface area (Å²) in [6.45, 7) is 2.25. The van der Waals surface area contributed by atoms with Gasteiger partial charge in [0.2, 0.25) is 0 Å². The highest BCUT2D eigenvalue weighted by molar-refractivity contribution is 5.74. The van der Waals surface area contributed by atoms with Crippen LogP contribution in [0.1, 0.15) is 63.9 Å². The number of hydrogen-bond donors (Lipinski definition) is 1. The number of unbranched alkanes of at least 4 members (excludes halogenated alkanes) is 7. The molecule has 0 radical (unpaired) electrons. The van der Waals surface area contributed by atoms with Crippen molar-refractivity contribution in [3.05, 3.63) is 54.1 Å². The molecule has 3 heteroatoms.